The van der Waals surface area contributed by atoms with Crippen molar-refractivity contribution in [2.75, 3.05) is 26.8 Å². The summed E-state index contributed by atoms with van der Waals surface area (Å²) in [5.41, 5.74) is 6.48. The molecule has 0 fully saturated rings. The van der Waals surface area contributed by atoms with Crippen LogP contribution in [0.15, 0.2) is 71.9 Å². The average Bonchev–Trinajstić information content (AvgIpc) is 3.34. The van der Waals surface area contributed by atoms with E-state index in [2.05, 4.69) is 69.8 Å². The van der Waals surface area contributed by atoms with Crippen molar-refractivity contribution in [2.45, 2.75) is 44.1 Å². The molecule has 1 unspecified atom stereocenters. The first-order valence-corrected chi connectivity index (χ1v) is 14.2. The van der Waals surface area contributed by atoms with Crippen LogP contribution in [0.4, 0.5) is 0 Å². The summed E-state index contributed by atoms with van der Waals surface area (Å²) in [6.07, 6.45) is 12.8. The third-order valence-corrected chi connectivity index (χ3v) is 8.89. The molecule has 196 valence electrons. The number of hydrogen-bond donors (Lipinski definition) is 1. The van der Waals surface area contributed by atoms with Crippen LogP contribution in [0.3, 0.4) is 0 Å². The van der Waals surface area contributed by atoms with E-state index in [0.717, 1.165) is 73.1 Å². The Hall–Kier alpha value is -3.29. The van der Waals surface area contributed by atoms with Gasteiger partial charge in [0.2, 0.25) is 0 Å². The fourth-order valence-electron chi connectivity index (χ4n) is 5.63. The van der Waals surface area contributed by atoms with Gasteiger partial charge in [0.1, 0.15) is 0 Å². The lowest BCUT2D eigenvalue weighted by Crippen LogP contribution is -2.31. The number of pyridine rings is 1. The van der Waals surface area contributed by atoms with E-state index in [1.54, 1.807) is 7.11 Å². The Kier molecular flexibility index (Phi) is 7.13. The molecule has 3 heterocycles. The van der Waals surface area contributed by atoms with Gasteiger partial charge in [-0.3, -0.25) is 14.9 Å². The number of methoxy groups -OCH3 is 1. The number of nitrogens with one attached hydrogen (secondary N) is 1. The highest BCUT2D eigenvalue weighted by atomic mass is 32.2. The smallest absolute Gasteiger partial charge is 0.162 e. The number of hydrogen-bond acceptors (Lipinski definition) is 7. The molecule has 0 saturated heterocycles. The maximum atomic E-state index is 5.84. The van der Waals surface area contributed by atoms with Crippen molar-refractivity contribution in [1.82, 2.24) is 15.2 Å². The van der Waals surface area contributed by atoms with Crippen LogP contribution >= 0.6 is 11.8 Å². The number of aromatic nitrogens is 1. The van der Waals surface area contributed by atoms with Crippen LogP contribution in [0.2, 0.25) is 0 Å². The molecule has 0 saturated carbocycles. The number of ether oxygens (including phenoxy) is 2. The van der Waals surface area contributed by atoms with E-state index in [1.165, 1.54) is 22.3 Å². The monoisotopic (exact) mass is 526 g/mol. The number of nitrogens with zero attached hydrogens (tertiary/aromatic N) is 3. The van der Waals surface area contributed by atoms with Crippen LogP contribution in [0.5, 0.6) is 11.5 Å². The average molecular weight is 527 g/mol. The number of allylic oxidation sites excluding steroid dienone is 3. The van der Waals surface area contributed by atoms with Gasteiger partial charge in [-0.25, -0.2) is 0 Å². The zero-order valence-electron chi connectivity index (χ0n) is 22.1. The van der Waals surface area contributed by atoms with Crippen LogP contribution in [0, 0.1) is 0 Å². The Labute approximate surface area is 228 Å². The molecule has 7 heteroatoms. The predicted molar refractivity (Wildman–Crippen MR) is 156 cm³/mol. The van der Waals surface area contributed by atoms with Crippen molar-refractivity contribution < 1.29 is 9.47 Å². The second-order valence-electron chi connectivity index (χ2n) is 10.1. The molecule has 2 aliphatic heterocycles. The van der Waals surface area contributed by atoms with Crippen molar-refractivity contribution in [3.8, 4) is 11.5 Å². The largest absolute Gasteiger partial charge is 0.493 e. The molecule has 2 aromatic carbocycles. The standard InChI is InChI=1S/C31H34N4O2S/c1-3-37-29-16-26-24(10-14-32-27(26)17-28(29)36-2)20-35-15-11-25-22(8-7-9-23(25)19-35)18-33-30-34-21-31(38-30)12-5-4-6-13-31/h4-10,12,14,16-17H,3,11,13,15,18-21H2,1-2H3,(H,33,34). The van der Waals surface area contributed by atoms with Crippen molar-refractivity contribution in [3.63, 3.8) is 0 Å². The van der Waals surface area contributed by atoms with E-state index in [1.807, 2.05) is 30.9 Å². The minimum atomic E-state index is 0.111. The fourth-order valence-corrected chi connectivity index (χ4v) is 6.74. The van der Waals surface area contributed by atoms with Crippen LogP contribution < -0.4 is 14.8 Å². The lowest BCUT2D eigenvalue weighted by Gasteiger charge is -2.30. The summed E-state index contributed by atoms with van der Waals surface area (Å²) in [4.78, 5) is 11.9. The van der Waals surface area contributed by atoms with Gasteiger partial charge in [0.05, 0.1) is 30.5 Å². The molecular weight excluding hydrogens is 492 g/mol. The Morgan fingerprint density at radius 1 is 1.13 bits per heavy atom. The molecule has 0 amide bonds. The topological polar surface area (TPSA) is 59.0 Å². The predicted octanol–water partition coefficient (Wildman–Crippen LogP) is 5.65. The SMILES string of the molecule is CCOc1cc2c(CN3CCc4c(CNC5=NCC6(C=CC=CC6)S5)cccc4C3)ccnc2cc1OC. The summed E-state index contributed by atoms with van der Waals surface area (Å²) in [5.74, 6) is 1.49. The Morgan fingerprint density at radius 2 is 2.08 bits per heavy atom. The van der Waals surface area contributed by atoms with E-state index in [4.69, 9.17) is 14.5 Å². The quantitative estimate of drug-likeness (QED) is 0.430. The van der Waals surface area contributed by atoms with E-state index in [9.17, 15) is 0 Å². The lowest BCUT2D eigenvalue weighted by molar-refractivity contribution is 0.246. The molecule has 38 heavy (non-hydrogen) atoms. The van der Waals surface area contributed by atoms with E-state index in [0.29, 0.717) is 6.61 Å². The zero-order chi connectivity index (χ0) is 26.0. The van der Waals surface area contributed by atoms with Crippen LogP contribution in [0.1, 0.15) is 35.6 Å². The molecule has 0 bridgehead atoms. The first-order chi connectivity index (χ1) is 18.7. The van der Waals surface area contributed by atoms with Gasteiger partial charge >= 0.3 is 0 Å². The highest BCUT2D eigenvalue weighted by Crippen LogP contribution is 2.39. The third-order valence-electron chi connectivity index (χ3n) is 7.58. The molecule has 1 atom stereocenters. The number of amidine groups is 1. The normalized spacial score (nSPS) is 20.5. The van der Waals surface area contributed by atoms with Gasteiger partial charge in [-0.1, -0.05) is 54.3 Å². The molecule has 6 rings (SSSR count). The van der Waals surface area contributed by atoms with Gasteiger partial charge in [-0.2, -0.15) is 0 Å². The van der Waals surface area contributed by atoms with Gasteiger partial charge in [0.15, 0.2) is 16.7 Å². The van der Waals surface area contributed by atoms with Gasteiger partial charge in [0.25, 0.3) is 0 Å². The molecule has 1 spiro atoms. The highest BCUT2D eigenvalue weighted by Gasteiger charge is 2.34. The van der Waals surface area contributed by atoms with Gasteiger partial charge in [-0.05, 0) is 54.2 Å². The highest BCUT2D eigenvalue weighted by molar-refractivity contribution is 8.15. The summed E-state index contributed by atoms with van der Waals surface area (Å²) < 4.78 is 11.5. The minimum Gasteiger partial charge on any atom is -0.493 e. The number of benzene rings is 2. The van der Waals surface area contributed by atoms with E-state index in [-0.39, 0.29) is 4.75 Å². The minimum absolute atomic E-state index is 0.111. The number of thioether (sulfide) groups is 1. The van der Waals surface area contributed by atoms with E-state index < -0.39 is 0 Å². The Morgan fingerprint density at radius 3 is 2.92 bits per heavy atom. The van der Waals surface area contributed by atoms with Crippen molar-refractivity contribution in [3.05, 3.63) is 89.2 Å². The maximum Gasteiger partial charge on any atom is 0.162 e. The Bertz CT molecular complexity index is 1430. The third kappa shape index (κ3) is 5.05. The van der Waals surface area contributed by atoms with Crippen LogP contribution in [-0.2, 0) is 26.1 Å². The summed E-state index contributed by atoms with van der Waals surface area (Å²) >= 11 is 1.87. The number of fused-ring (bicyclic) bond motifs is 2. The van der Waals surface area contributed by atoms with Crippen molar-refractivity contribution in [1.29, 1.82) is 0 Å². The molecule has 6 nitrogen and oxygen atoms in total. The fraction of sp³-hybridized carbons (Fsp3) is 0.355. The zero-order valence-corrected chi connectivity index (χ0v) is 22.9. The molecular formula is C31H34N4O2S. The van der Waals surface area contributed by atoms with Crippen LogP contribution in [0.25, 0.3) is 10.9 Å². The summed E-state index contributed by atoms with van der Waals surface area (Å²) in [6, 6.07) is 12.9. The molecule has 1 N–H and O–H groups in total. The van der Waals surface area contributed by atoms with Crippen molar-refractivity contribution >= 4 is 27.8 Å². The Balaban J connectivity index is 1.14. The molecule has 0 radical (unpaired) electrons. The second kappa shape index (κ2) is 10.8. The van der Waals surface area contributed by atoms with Crippen LogP contribution in [-0.4, -0.2) is 46.6 Å². The number of rotatable bonds is 7. The molecule has 1 aliphatic carbocycles. The molecule has 3 aliphatic rings. The van der Waals surface area contributed by atoms with Gasteiger partial charge in [-0.15, -0.1) is 0 Å². The summed E-state index contributed by atoms with van der Waals surface area (Å²) in [6.45, 7) is 7.10. The van der Waals surface area contributed by atoms with E-state index >= 15 is 0 Å². The number of aliphatic imine (C=N–C) groups is 1. The summed E-state index contributed by atoms with van der Waals surface area (Å²) in [7, 11) is 1.67. The maximum absolute atomic E-state index is 5.84. The summed E-state index contributed by atoms with van der Waals surface area (Å²) in [5, 5.41) is 5.81. The van der Waals surface area contributed by atoms with Crippen molar-refractivity contribution in [2.24, 2.45) is 4.99 Å². The van der Waals surface area contributed by atoms with Gasteiger partial charge in [0, 0.05) is 43.8 Å². The first-order valence-electron chi connectivity index (χ1n) is 13.4. The molecule has 1 aromatic heterocycles. The lowest BCUT2D eigenvalue weighted by atomic mass is 9.94. The second-order valence-corrected chi connectivity index (χ2v) is 11.5. The molecule has 3 aromatic rings. The van der Waals surface area contributed by atoms with Gasteiger partial charge < -0.3 is 14.8 Å². The first kappa shape index (κ1) is 25.0.